The van der Waals surface area contributed by atoms with E-state index in [-0.39, 0.29) is 17.9 Å². The van der Waals surface area contributed by atoms with Crippen LogP contribution in [0.2, 0.25) is 0 Å². The largest absolute Gasteiger partial charge is 0.465 e. The van der Waals surface area contributed by atoms with Crippen LogP contribution in [0.25, 0.3) is 6.08 Å². The molecule has 1 aromatic rings. The number of rotatable bonds is 3. The smallest absolute Gasteiger partial charge is 0.337 e. The SMILES string of the molecule is COC(=O)c1ccc(C=C2NC(=S)N(C3CCCCC3)C2=O)cc1. The lowest BCUT2D eigenvalue weighted by molar-refractivity contribution is -0.124. The van der Waals surface area contributed by atoms with E-state index in [1.165, 1.54) is 13.5 Å². The second-order valence-electron chi connectivity index (χ2n) is 6.07. The minimum atomic E-state index is -0.381. The van der Waals surface area contributed by atoms with Crippen molar-refractivity contribution in [3.63, 3.8) is 0 Å². The van der Waals surface area contributed by atoms with E-state index in [4.69, 9.17) is 12.2 Å². The van der Waals surface area contributed by atoms with Crippen molar-refractivity contribution in [3.8, 4) is 0 Å². The number of benzene rings is 1. The number of nitrogens with one attached hydrogen (secondary N) is 1. The van der Waals surface area contributed by atoms with Gasteiger partial charge < -0.3 is 10.1 Å². The molecule has 0 bridgehead atoms. The van der Waals surface area contributed by atoms with Crippen LogP contribution in [0.5, 0.6) is 0 Å². The number of amides is 1. The maximum absolute atomic E-state index is 12.7. The van der Waals surface area contributed by atoms with Crippen molar-refractivity contribution in [1.29, 1.82) is 0 Å². The van der Waals surface area contributed by atoms with Crippen molar-refractivity contribution in [2.75, 3.05) is 7.11 Å². The lowest BCUT2D eigenvalue weighted by Gasteiger charge is -2.29. The summed E-state index contributed by atoms with van der Waals surface area (Å²) in [4.78, 5) is 25.9. The first kappa shape index (κ1) is 16.6. The molecule has 0 radical (unpaired) electrons. The van der Waals surface area contributed by atoms with Gasteiger partial charge in [0, 0.05) is 6.04 Å². The molecular weight excluding hydrogens is 324 g/mol. The number of nitrogens with zero attached hydrogens (tertiary/aromatic N) is 1. The van der Waals surface area contributed by atoms with E-state index < -0.39 is 0 Å². The Kier molecular flexibility index (Phi) is 4.94. The molecule has 1 heterocycles. The molecular formula is C18H20N2O3S. The fourth-order valence-corrected chi connectivity index (χ4v) is 3.56. The zero-order valence-corrected chi connectivity index (χ0v) is 14.4. The number of esters is 1. The molecule has 0 atom stereocenters. The predicted octanol–water partition coefficient (Wildman–Crippen LogP) is 2.86. The lowest BCUT2D eigenvalue weighted by atomic mass is 9.94. The molecule has 1 saturated heterocycles. The van der Waals surface area contributed by atoms with Crippen molar-refractivity contribution < 1.29 is 14.3 Å². The van der Waals surface area contributed by atoms with Crippen LogP contribution in [0.3, 0.4) is 0 Å². The number of hydrogen-bond acceptors (Lipinski definition) is 4. The molecule has 1 aromatic carbocycles. The van der Waals surface area contributed by atoms with E-state index in [0.717, 1.165) is 31.2 Å². The van der Waals surface area contributed by atoms with Crippen molar-refractivity contribution >= 4 is 35.3 Å². The van der Waals surface area contributed by atoms with Crippen LogP contribution in [0.1, 0.15) is 48.0 Å². The van der Waals surface area contributed by atoms with Gasteiger partial charge in [-0.1, -0.05) is 31.4 Å². The third-order valence-electron chi connectivity index (χ3n) is 4.49. The van der Waals surface area contributed by atoms with Gasteiger partial charge in [-0.05, 0) is 48.8 Å². The van der Waals surface area contributed by atoms with Crippen LogP contribution >= 0.6 is 12.2 Å². The highest BCUT2D eigenvalue weighted by Crippen LogP contribution is 2.26. The third-order valence-corrected chi connectivity index (χ3v) is 4.79. The van der Waals surface area contributed by atoms with Crippen LogP contribution in [-0.4, -0.2) is 35.0 Å². The lowest BCUT2D eigenvalue weighted by Crippen LogP contribution is -2.41. The summed E-state index contributed by atoms with van der Waals surface area (Å²) in [6.45, 7) is 0. The molecule has 5 nitrogen and oxygen atoms in total. The van der Waals surface area contributed by atoms with Crippen molar-refractivity contribution in [2.24, 2.45) is 0 Å². The fraction of sp³-hybridized carbons (Fsp3) is 0.389. The molecule has 1 saturated carbocycles. The highest BCUT2D eigenvalue weighted by Gasteiger charge is 2.36. The molecule has 1 N–H and O–H groups in total. The van der Waals surface area contributed by atoms with E-state index in [2.05, 4.69) is 10.1 Å². The van der Waals surface area contributed by atoms with Gasteiger partial charge in [0.15, 0.2) is 5.11 Å². The van der Waals surface area contributed by atoms with Crippen LogP contribution in [-0.2, 0) is 9.53 Å². The average molecular weight is 344 g/mol. The average Bonchev–Trinajstić information content (AvgIpc) is 2.89. The van der Waals surface area contributed by atoms with E-state index in [1.54, 1.807) is 35.2 Å². The standard InChI is InChI=1S/C18H20N2O3S/c1-23-17(22)13-9-7-12(8-10-13)11-15-16(21)20(18(24)19-15)14-5-3-2-4-6-14/h7-11,14H,2-6H2,1H3,(H,19,24). The monoisotopic (exact) mass is 344 g/mol. The van der Waals surface area contributed by atoms with Gasteiger partial charge in [-0.2, -0.15) is 0 Å². The number of carbonyl (C=O) groups excluding carboxylic acids is 2. The summed E-state index contributed by atoms with van der Waals surface area (Å²) in [5, 5.41) is 3.52. The second kappa shape index (κ2) is 7.13. The molecule has 126 valence electrons. The van der Waals surface area contributed by atoms with Gasteiger partial charge in [-0.25, -0.2) is 4.79 Å². The number of methoxy groups -OCH3 is 1. The molecule has 1 aliphatic carbocycles. The highest BCUT2D eigenvalue weighted by molar-refractivity contribution is 7.80. The maximum atomic E-state index is 12.7. The summed E-state index contributed by atoms with van der Waals surface area (Å²) in [6, 6.07) is 7.11. The number of carbonyl (C=O) groups is 2. The predicted molar refractivity (Wildman–Crippen MR) is 95.2 cm³/mol. The van der Waals surface area contributed by atoms with Gasteiger partial charge in [0.05, 0.1) is 12.7 Å². The minimum absolute atomic E-state index is 0.0658. The Morgan fingerprint density at radius 2 is 1.92 bits per heavy atom. The van der Waals surface area contributed by atoms with Gasteiger partial charge in [-0.15, -0.1) is 0 Å². The molecule has 24 heavy (non-hydrogen) atoms. The summed E-state index contributed by atoms with van der Waals surface area (Å²) in [6.07, 6.45) is 7.30. The van der Waals surface area contributed by atoms with Crippen LogP contribution in [0, 0.1) is 0 Å². The summed E-state index contributed by atoms with van der Waals surface area (Å²) in [7, 11) is 1.35. The van der Waals surface area contributed by atoms with Gasteiger partial charge in [0.2, 0.25) is 0 Å². The number of thiocarbonyl (C=S) groups is 1. The third kappa shape index (κ3) is 3.33. The first-order valence-electron chi connectivity index (χ1n) is 8.15. The highest BCUT2D eigenvalue weighted by atomic mass is 32.1. The Hall–Kier alpha value is -2.21. The molecule has 2 fully saturated rings. The minimum Gasteiger partial charge on any atom is -0.465 e. The number of hydrogen-bond donors (Lipinski definition) is 1. The Morgan fingerprint density at radius 1 is 1.25 bits per heavy atom. The zero-order valence-electron chi connectivity index (χ0n) is 13.6. The van der Waals surface area contributed by atoms with E-state index in [0.29, 0.717) is 16.4 Å². The normalized spacial score (nSPS) is 20.4. The van der Waals surface area contributed by atoms with Gasteiger partial charge >= 0.3 is 5.97 Å². The van der Waals surface area contributed by atoms with Crippen molar-refractivity contribution in [2.45, 2.75) is 38.1 Å². The van der Waals surface area contributed by atoms with Crippen LogP contribution < -0.4 is 5.32 Å². The topological polar surface area (TPSA) is 58.6 Å². The Bertz CT molecular complexity index is 691. The maximum Gasteiger partial charge on any atom is 0.337 e. The van der Waals surface area contributed by atoms with E-state index >= 15 is 0 Å². The quantitative estimate of drug-likeness (QED) is 0.519. The van der Waals surface area contributed by atoms with Crippen LogP contribution in [0.4, 0.5) is 0 Å². The summed E-state index contributed by atoms with van der Waals surface area (Å²) in [5.74, 6) is -0.446. The van der Waals surface area contributed by atoms with Gasteiger partial charge in [0.25, 0.3) is 5.91 Å². The second-order valence-corrected chi connectivity index (χ2v) is 6.46. The molecule has 0 spiro atoms. The summed E-state index contributed by atoms with van der Waals surface area (Å²) >= 11 is 5.35. The number of ether oxygens (including phenoxy) is 1. The first-order chi connectivity index (χ1) is 11.6. The molecule has 1 amide bonds. The van der Waals surface area contributed by atoms with Crippen molar-refractivity contribution in [1.82, 2.24) is 10.2 Å². The molecule has 1 aliphatic heterocycles. The molecule has 0 aromatic heterocycles. The zero-order chi connectivity index (χ0) is 17.1. The Balaban J connectivity index is 1.77. The van der Waals surface area contributed by atoms with Crippen molar-refractivity contribution in [3.05, 3.63) is 41.1 Å². The first-order valence-corrected chi connectivity index (χ1v) is 8.55. The van der Waals surface area contributed by atoms with Crippen LogP contribution in [0.15, 0.2) is 30.0 Å². The summed E-state index contributed by atoms with van der Waals surface area (Å²) < 4.78 is 4.68. The van der Waals surface area contributed by atoms with E-state index in [1.807, 2.05) is 0 Å². The molecule has 3 rings (SSSR count). The van der Waals surface area contributed by atoms with Gasteiger partial charge in [-0.3, -0.25) is 9.69 Å². The molecule has 0 unspecified atom stereocenters. The Morgan fingerprint density at radius 3 is 2.54 bits per heavy atom. The summed E-state index contributed by atoms with van der Waals surface area (Å²) in [5.41, 5.74) is 1.79. The fourth-order valence-electron chi connectivity index (χ4n) is 3.22. The Labute approximate surface area is 146 Å². The molecule has 2 aliphatic rings. The molecule has 6 heteroatoms. The van der Waals surface area contributed by atoms with E-state index in [9.17, 15) is 9.59 Å². The van der Waals surface area contributed by atoms with Gasteiger partial charge in [0.1, 0.15) is 5.70 Å².